The summed E-state index contributed by atoms with van der Waals surface area (Å²) in [6.07, 6.45) is -0.175. The Labute approximate surface area is 152 Å². The van der Waals surface area contributed by atoms with Gasteiger partial charge in [-0.2, -0.15) is 0 Å². The van der Waals surface area contributed by atoms with Crippen molar-refractivity contribution < 1.29 is 19.5 Å². The molecule has 1 amide bonds. The highest BCUT2D eigenvalue weighted by molar-refractivity contribution is 5.94. The van der Waals surface area contributed by atoms with Crippen LogP contribution in [0.25, 0.3) is 0 Å². The molecular formula is C19H25N3O4. The molecule has 0 bridgehead atoms. The molecule has 2 atom stereocenters. The standard InChI is InChI=1S/C19H25N3O4/c1-13-15(12-23)17(20-26-13)18(25)22-10-9-19(21(2)3,16(24)11-22)14-7-5-4-6-8-14/h4-8,16,23-24H,9-12H2,1-3H3/t16-,19+/m1/s1. The zero-order chi connectivity index (χ0) is 18.9. The molecule has 3 rings (SSSR count). The number of likely N-dealkylation sites (tertiary alicyclic amines) is 1. The molecular weight excluding hydrogens is 334 g/mol. The number of β-amino-alcohol motifs (C(OH)–C–C–N with tert-alkyl or cyclic N) is 1. The summed E-state index contributed by atoms with van der Waals surface area (Å²) in [5.41, 5.74) is 0.988. The molecule has 0 saturated carbocycles. The molecule has 2 heterocycles. The van der Waals surface area contributed by atoms with Gasteiger partial charge in [-0.1, -0.05) is 35.5 Å². The van der Waals surface area contributed by atoms with Gasteiger partial charge in [0, 0.05) is 13.1 Å². The topological polar surface area (TPSA) is 90.0 Å². The molecule has 1 aromatic carbocycles. The molecule has 1 aromatic heterocycles. The van der Waals surface area contributed by atoms with Crippen molar-refractivity contribution in [2.75, 3.05) is 27.2 Å². The van der Waals surface area contributed by atoms with E-state index in [2.05, 4.69) is 5.16 Å². The highest BCUT2D eigenvalue weighted by atomic mass is 16.5. The number of likely N-dealkylation sites (N-methyl/N-ethyl adjacent to an activating group) is 1. The average Bonchev–Trinajstić information content (AvgIpc) is 3.02. The van der Waals surface area contributed by atoms with Crippen molar-refractivity contribution in [3.63, 3.8) is 0 Å². The zero-order valence-corrected chi connectivity index (χ0v) is 15.3. The maximum absolute atomic E-state index is 12.8. The van der Waals surface area contributed by atoms with Crippen LogP contribution in [0.2, 0.25) is 0 Å². The van der Waals surface area contributed by atoms with Crippen LogP contribution in [0.1, 0.15) is 33.8 Å². The van der Waals surface area contributed by atoms with Crippen molar-refractivity contribution in [3.05, 3.63) is 52.9 Å². The molecule has 2 aromatic rings. The molecule has 1 fully saturated rings. The second-order valence-electron chi connectivity index (χ2n) is 6.93. The second-order valence-corrected chi connectivity index (χ2v) is 6.93. The van der Waals surface area contributed by atoms with E-state index in [0.29, 0.717) is 24.3 Å². The third-order valence-corrected chi connectivity index (χ3v) is 5.41. The molecule has 140 valence electrons. The molecule has 0 spiro atoms. The van der Waals surface area contributed by atoms with Gasteiger partial charge < -0.3 is 19.6 Å². The summed E-state index contributed by atoms with van der Waals surface area (Å²) in [6, 6.07) is 9.87. The molecule has 0 radical (unpaired) electrons. The van der Waals surface area contributed by atoms with Crippen LogP contribution >= 0.6 is 0 Å². The number of aliphatic hydroxyl groups is 2. The number of aryl methyl sites for hydroxylation is 1. The Hall–Kier alpha value is -2.22. The average molecular weight is 359 g/mol. The number of benzene rings is 1. The summed E-state index contributed by atoms with van der Waals surface area (Å²) in [6.45, 7) is 2.01. The Morgan fingerprint density at radius 1 is 1.38 bits per heavy atom. The molecule has 0 unspecified atom stereocenters. The van der Waals surface area contributed by atoms with Crippen LogP contribution < -0.4 is 0 Å². The first-order valence-corrected chi connectivity index (χ1v) is 8.68. The van der Waals surface area contributed by atoms with Gasteiger partial charge in [-0.25, -0.2) is 0 Å². The van der Waals surface area contributed by atoms with Gasteiger partial charge in [0.15, 0.2) is 5.69 Å². The van der Waals surface area contributed by atoms with Gasteiger partial charge in [0.1, 0.15) is 5.76 Å². The summed E-state index contributed by atoms with van der Waals surface area (Å²) in [5.74, 6) is 0.102. The molecule has 26 heavy (non-hydrogen) atoms. The van der Waals surface area contributed by atoms with E-state index in [1.165, 1.54) is 0 Å². The highest BCUT2D eigenvalue weighted by Crippen LogP contribution is 2.38. The van der Waals surface area contributed by atoms with Gasteiger partial charge in [0.05, 0.1) is 23.8 Å². The lowest BCUT2D eigenvalue weighted by molar-refractivity contribution is -0.0614. The van der Waals surface area contributed by atoms with Crippen LogP contribution in [0.15, 0.2) is 34.9 Å². The predicted molar refractivity (Wildman–Crippen MR) is 95.5 cm³/mol. The maximum atomic E-state index is 12.8. The summed E-state index contributed by atoms with van der Waals surface area (Å²) in [4.78, 5) is 16.4. The fourth-order valence-corrected chi connectivity index (χ4v) is 3.85. The lowest BCUT2D eigenvalue weighted by Gasteiger charge is -2.49. The maximum Gasteiger partial charge on any atom is 0.276 e. The van der Waals surface area contributed by atoms with Crippen molar-refractivity contribution in [1.82, 2.24) is 15.0 Å². The molecule has 1 saturated heterocycles. The number of aliphatic hydroxyl groups excluding tert-OH is 2. The van der Waals surface area contributed by atoms with Gasteiger partial charge in [-0.15, -0.1) is 0 Å². The van der Waals surface area contributed by atoms with Crippen LogP contribution in [0, 0.1) is 6.92 Å². The van der Waals surface area contributed by atoms with E-state index in [0.717, 1.165) is 5.56 Å². The van der Waals surface area contributed by atoms with E-state index in [1.54, 1.807) is 11.8 Å². The Bertz CT molecular complexity index is 774. The summed E-state index contributed by atoms with van der Waals surface area (Å²) in [7, 11) is 3.89. The molecule has 0 aliphatic carbocycles. The number of carbonyl (C=O) groups excluding carboxylic acids is 1. The first-order valence-electron chi connectivity index (χ1n) is 8.68. The number of piperidine rings is 1. The normalized spacial score (nSPS) is 23.5. The number of hydrogen-bond acceptors (Lipinski definition) is 6. The van der Waals surface area contributed by atoms with Crippen molar-refractivity contribution in [1.29, 1.82) is 0 Å². The Kier molecular flexibility index (Phi) is 5.13. The Morgan fingerprint density at radius 3 is 2.65 bits per heavy atom. The minimum Gasteiger partial charge on any atom is -0.391 e. The minimum absolute atomic E-state index is 0.120. The second kappa shape index (κ2) is 7.19. The Morgan fingerprint density at radius 2 is 2.08 bits per heavy atom. The zero-order valence-electron chi connectivity index (χ0n) is 15.3. The number of hydrogen-bond donors (Lipinski definition) is 2. The molecule has 7 nitrogen and oxygen atoms in total. The van der Waals surface area contributed by atoms with E-state index in [4.69, 9.17) is 4.52 Å². The fourth-order valence-electron chi connectivity index (χ4n) is 3.85. The van der Waals surface area contributed by atoms with Crippen LogP contribution in [-0.2, 0) is 12.1 Å². The van der Waals surface area contributed by atoms with Gasteiger partial charge in [-0.05, 0) is 33.0 Å². The number of rotatable bonds is 4. The van der Waals surface area contributed by atoms with Crippen LogP contribution in [-0.4, -0.2) is 64.4 Å². The fraction of sp³-hybridized carbons (Fsp3) is 0.474. The summed E-state index contributed by atoms with van der Waals surface area (Å²) in [5, 5.41) is 24.3. The van der Waals surface area contributed by atoms with Crippen LogP contribution in [0.5, 0.6) is 0 Å². The highest BCUT2D eigenvalue weighted by Gasteiger charge is 2.46. The third kappa shape index (κ3) is 2.92. The lowest BCUT2D eigenvalue weighted by Crippen LogP contribution is -2.60. The van der Waals surface area contributed by atoms with Gasteiger partial charge in [0.25, 0.3) is 5.91 Å². The van der Waals surface area contributed by atoms with Gasteiger partial charge in [0.2, 0.25) is 0 Å². The number of carbonyl (C=O) groups is 1. The largest absolute Gasteiger partial charge is 0.391 e. The number of amides is 1. The minimum atomic E-state index is -0.761. The number of aromatic nitrogens is 1. The van der Waals surface area contributed by atoms with Crippen molar-refractivity contribution in [2.45, 2.75) is 31.6 Å². The van der Waals surface area contributed by atoms with E-state index in [1.807, 2.05) is 49.3 Å². The van der Waals surface area contributed by atoms with Crippen LogP contribution in [0.3, 0.4) is 0 Å². The third-order valence-electron chi connectivity index (χ3n) is 5.41. The quantitative estimate of drug-likeness (QED) is 0.851. The lowest BCUT2D eigenvalue weighted by atomic mass is 9.77. The molecule has 2 N–H and O–H groups in total. The first-order chi connectivity index (χ1) is 12.4. The van der Waals surface area contributed by atoms with Gasteiger partial charge >= 0.3 is 0 Å². The predicted octanol–water partition coefficient (Wildman–Crippen LogP) is 1.14. The Balaban J connectivity index is 1.86. The first kappa shape index (κ1) is 18.6. The van der Waals surface area contributed by atoms with E-state index in [-0.39, 0.29) is 24.8 Å². The van der Waals surface area contributed by atoms with E-state index < -0.39 is 11.6 Å². The van der Waals surface area contributed by atoms with Crippen LogP contribution in [0.4, 0.5) is 0 Å². The smallest absolute Gasteiger partial charge is 0.276 e. The van der Waals surface area contributed by atoms with E-state index in [9.17, 15) is 15.0 Å². The van der Waals surface area contributed by atoms with Crippen molar-refractivity contribution in [2.24, 2.45) is 0 Å². The monoisotopic (exact) mass is 359 g/mol. The summed E-state index contributed by atoms with van der Waals surface area (Å²) >= 11 is 0. The van der Waals surface area contributed by atoms with E-state index >= 15 is 0 Å². The summed E-state index contributed by atoms with van der Waals surface area (Å²) < 4.78 is 5.05. The van der Waals surface area contributed by atoms with Crippen molar-refractivity contribution in [3.8, 4) is 0 Å². The van der Waals surface area contributed by atoms with Gasteiger partial charge in [-0.3, -0.25) is 9.69 Å². The molecule has 7 heteroatoms. The van der Waals surface area contributed by atoms with Crippen molar-refractivity contribution >= 4 is 5.91 Å². The SMILES string of the molecule is Cc1onc(C(=O)N2CC[C@@](c3ccccc3)(N(C)C)[C@H](O)C2)c1CO. The molecule has 1 aliphatic heterocycles. The number of nitrogens with zero attached hydrogens (tertiary/aromatic N) is 3. The molecule has 1 aliphatic rings.